The van der Waals surface area contributed by atoms with Crippen LogP contribution in [-0.2, 0) is 9.47 Å². The molecule has 1 rings (SSSR count). The number of hydrogen-bond acceptors (Lipinski definition) is 4. The number of methoxy groups -OCH3 is 1. The Bertz CT molecular complexity index is 163. The highest BCUT2D eigenvalue weighted by Crippen LogP contribution is 2.06. The molecule has 0 aromatic heterocycles. The largest absolute Gasteiger partial charge is 0.453 e. The van der Waals surface area contributed by atoms with Crippen LogP contribution in [0.4, 0.5) is 4.79 Å². The minimum absolute atomic E-state index is 0.0359. The van der Waals surface area contributed by atoms with E-state index in [1.807, 2.05) is 0 Å². The van der Waals surface area contributed by atoms with E-state index in [1.165, 1.54) is 7.11 Å². The van der Waals surface area contributed by atoms with Crippen LogP contribution in [0.25, 0.3) is 0 Å². The molecule has 1 aliphatic heterocycles. The molecule has 1 fully saturated rings. The van der Waals surface area contributed by atoms with Crippen molar-refractivity contribution in [2.24, 2.45) is 5.73 Å². The number of nitrogens with two attached hydrogens (primary N) is 1. The second-order valence-electron chi connectivity index (χ2n) is 2.63. The van der Waals surface area contributed by atoms with Crippen LogP contribution in [0.5, 0.6) is 0 Å². The molecule has 1 amide bonds. The highest BCUT2D eigenvalue weighted by molar-refractivity contribution is 5.68. The molecule has 0 aliphatic carbocycles. The second kappa shape index (κ2) is 4.27. The summed E-state index contributed by atoms with van der Waals surface area (Å²) in [6, 6.07) is -0.0359. The predicted octanol–water partition coefficient (Wildman–Crippen LogP) is -0.588. The van der Waals surface area contributed by atoms with Gasteiger partial charge in [0.2, 0.25) is 0 Å². The first-order valence-electron chi connectivity index (χ1n) is 3.92. The van der Waals surface area contributed by atoms with Gasteiger partial charge >= 0.3 is 6.09 Å². The van der Waals surface area contributed by atoms with Crippen molar-refractivity contribution < 1.29 is 14.3 Å². The summed E-state index contributed by atoms with van der Waals surface area (Å²) < 4.78 is 9.77. The third-order valence-electron chi connectivity index (χ3n) is 1.91. The molecule has 0 spiro atoms. The average molecular weight is 174 g/mol. The Kier molecular flexibility index (Phi) is 3.31. The number of rotatable bonds is 1. The lowest BCUT2D eigenvalue weighted by atomic mass is 10.2. The van der Waals surface area contributed by atoms with Crippen LogP contribution < -0.4 is 5.73 Å². The molecule has 0 aromatic carbocycles. The minimum Gasteiger partial charge on any atom is -0.453 e. The molecule has 1 saturated heterocycles. The molecule has 1 atom stereocenters. The third-order valence-corrected chi connectivity index (χ3v) is 1.91. The van der Waals surface area contributed by atoms with Gasteiger partial charge in [0.25, 0.3) is 0 Å². The Hall–Kier alpha value is -0.810. The standard InChI is InChI=1S/C7H14N2O3/c1-11-7(10)9-2-3-12-5-6(9)4-8/h6H,2-5,8H2,1H3/t6-/m0/s1. The highest BCUT2D eigenvalue weighted by atomic mass is 16.5. The monoisotopic (exact) mass is 174 g/mol. The summed E-state index contributed by atoms with van der Waals surface area (Å²) >= 11 is 0. The summed E-state index contributed by atoms with van der Waals surface area (Å²) in [5, 5.41) is 0. The number of carbonyl (C=O) groups excluding carboxylic acids is 1. The van der Waals surface area contributed by atoms with E-state index in [4.69, 9.17) is 10.5 Å². The van der Waals surface area contributed by atoms with Crippen LogP contribution in [0, 0.1) is 0 Å². The zero-order valence-electron chi connectivity index (χ0n) is 7.16. The molecule has 70 valence electrons. The van der Waals surface area contributed by atoms with Crippen molar-refractivity contribution in [1.29, 1.82) is 0 Å². The first kappa shape index (κ1) is 9.28. The number of nitrogens with zero attached hydrogens (tertiary/aromatic N) is 1. The van der Waals surface area contributed by atoms with E-state index >= 15 is 0 Å². The Morgan fingerprint density at radius 3 is 3.17 bits per heavy atom. The van der Waals surface area contributed by atoms with Gasteiger partial charge in [-0.1, -0.05) is 0 Å². The maximum Gasteiger partial charge on any atom is 0.409 e. The quantitative estimate of drug-likeness (QED) is 0.577. The Labute approximate surface area is 71.4 Å². The number of carbonyl (C=O) groups is 1. The average Bonchev–Trinajstić information content (AvgIpc) is 2.16. The number of hydrogen-bond donors (Lipinski definition) is 1. The van der Waals surface area contributed by atoms with E-state index < -0.39 is 0 Å². The van der Waals surface area contributed by atoms with E-state index in [1.54, 1.807) is 4.90 Å². The molecule has 0 saturated carbocycles. The van der Waals surface area contributed by atoms with Crippen LogP contribution >= 0.6 is 0 Å². The number of morpholine rings is 1. The number of amides is 1. The molecular weight excluding hydrogens is 160 g/mol. The van der Waals surface area contributed by atoms with Crippen molar-refractivity contribution in [3.8, 4) is 0 Å². The van der Waals surface area contributed by atoms with E-state index in [9.17, 15) is 4.79 Å². The summed E-state index contributed by atoms with van der Waals surface area (Å²) in [5.74, 6) is 0. The van der Waals surface area contributed by atoms with Crippen molar-refractivity contribution in [3.63, 3.8) is 0 Å². The van der Waals surface area contributed by atoms with Gasteiger partial charge in [0.1, 0.15) is 0 Å². The molecule has 0 unspecified atom stereocenters. The fraction of sp³-hybridized carbons (Fsp3) is 0.857. The first-order chi connectivity index (χ1) is 5.79. The smallest absolute Gasteiger partial charge is 0.409 e. The molecule has 0 aromatic rings. The molecule has 0 radical (unpaired) electrons. The molecule has 2 N–H and O–H groups in total. The zero-order valence-corrected chi connectivity index (χ0v) is 7.16. The van der Waals surface area contributed by atoms with Gasteiger partial charge < -0.3 is 15.2 Å². The Morgan fingerprint density at radius 1 is 1.83 bits per heavy atom. The minimum atomic E-state index is -0.325. The molecule has 1 heterocycles. The van der Waals surface area contributed by atoms with Gasteiger partial charge in [-0.25, -0.2) is 4.79 Å². The maximum atomic E-state index is 11.1. The SMILES string of the molecule is COC(=O)N1CCOC[C@@H]1CN. The van der Waals surface area contributed by atoms with Gasteiger partial charge in [0, 0.05) is 13.1 Å². The van der Waals surface area contributed by atoms with E-state index in [2.05, 4.69) is 4.74 Å². The van der Waals surface area contributed by atoms with Crippen molar-refractivity contribution in [1.82, 2.24) is 4.90 Å². The lowest BCUT2D eigenvalue weighted by Gasteiger charge is -2.33. The lowest BCUT2D eigenvalue weighted by molar-refractivity contribution is -0.00135. The van der Waals surface area contributed by atoms with Crippen molar-refractivity contribution in [2.45, 2.75) is 6.04 Å². The van der Waals surface area contributed by atoms with Crippen LogP contribution in [0.15, 0.2) is 0 Å². The lowest BCUT2D eigenvalue weighted by Crippen LogP contribution is -2.51. The molecule has 12 heavy (non-hydrogen) atoms. The van der Waals surface area contributed by atoms with Gasteiger partial charge in [0.05, 0.1) is 26.4 Å². The van der Waals surface area contributed by atoms with E-state index in [0.717, 1.165) is 0 Å². The highest BCUT2D eigenvalue weighted by Gasteiger charge is 2.26. The van der Waals surface area contributed by atoms with Gasteiger partial charge in [-0.15, -0.1) is 0 Å². The van der Waals surface area contributed by atoms with Crippen LogP contribution in [0.3, 0.4) is 0 Å². The van der Waals surface area contributed by atoms with Gasteiger partial charge in [0.15, 0.2) is 0 Å². The summed E-state index contributed by atoms with van der Waals surface area (Å²) in [7, 11) is 1.37. The first-order valence-corrected chi connectivity index (χ1v) is 3.92. The van der Waals surface area contributed by atoms with Crippen molar-refractivity contribution in [3.05, 3.63) is 0 Å². The topological polar surface area (TPSA) is 64.8 Å². The summed E-state index contributed by atoms with van der Waals surface area (Å²) in [4.78, 5) is 12.7. The van der Waals surface area contributed by atoms with Gasteiger partial charge in [-0.3, -0.25) is 4.90 Å². The van der Waals surface area contributed by atoms with Crippen LogP contribution in [-0.4, -0.2) is 50.4 Å². The zero-order chi connectivity index (χ0) is 8.97. The molecular formula is C7H14N2O3. The Morgan fingerprint density at radius 2 is 2.58 bits per heavy atom. The van der Waals surface area contributed by atoms with Crippen molar-refractivity contribution in [2.75, 3.05) is 33.4 Å². The normalized spacial score (nSPS) is 23.8. The molecule has 1 aliphatic rings. The van der Waals surface area contributed by atoms with Crippen molar-refractivity contribution >= 4 is 6.09 Å². The summed E-state index contributed by atoms with van der Waals surface area (Å²) in [5.41, 5.74) is 5.46. The predicted molar refractivity (Wildman–Crippen MR) is 42.8 cm³/mol. The summed E-state index contributed by atoms with van der Waals surface area (Å²) in [6.45, 7) is 2.04. The van der Waals surface area contributed by atoms with E-state index in [0.29, 0.717) is 26.3 Å². The van der Waals surface area contributed by atoms with Gasteiger partial charge in [-0.2, -0.15) is 0 Å². The fourth-order valence-electron chi connectivity index (χ4n) is 1.21. The second-order valence-corrected chi connectivity index (χ2v) is 2.63. The fourth-order valence-corrected chi connectivity index (χ4v) is 1.21. The Balaban J connectivity index is 2.52. The van der Waals surface area contributed by atoms with Crippen LogP contribution in [0.2, 0.25) is 0 Å². The number of ether oxygens (including phenoxy) is 2. The van der Waals surface area contributed by atoms with Gasteiger partial charge in [-0.05, 0) is 0 Å². The third kappa shape index (κ3) is 1.86. The maximum absolute atomic E-state index is 11.1. The van der Waals surface area contributed by atoms with E-state index in [-0.39, 0.29) is 12.1 Å². The molecule has 0 bridgehead atoms. The summed E-state index contributed by atoms with van der Waals surface area (Å²) in [6.07, 6.45) is -0.325. The van der Waals surface area contributed by atoms with Crippen LogP contribution in [0.1, 0.15) is 0 Å². The molecule has 5 nitrogen and oxygen atoms in total. The molecule has 5 heteroatoms.